The Morgan fingerprint density at radius 3 is 1.12 bits per heavy atom. The van der Waals surface area contributed by atoms with Crippen LogP contribution in [0.25, 0.3) is 10.8 Å². The van der Waals surface area contributed by atoms with Gasteiger partial charge in [-0.3, -0.25) is 0 Å². The van der Waals surface area contributed by atoms with Crippen molar-refractivity contribution < 1.29 is 0 Å². The van der Waals surface area contributed by atoms with Crippen LogP contribution in [-0.4, -0.2) is 83.9 Å². The fourth-order valence-corrected chi connectivity index (χ4v) is 6.05. The molecule has 6 rings (SSSR count). The van der Waals surface area contributed by atoms with E-state index in [1.54, 1.807) is 0 Å². The molecule has 180 valence electrons. The summed E-state index contributed by atoms with van der Waals surface area (Å²) < 4.78 is 0. The minimum atomic E-state index is 1.06. The number of likely N-dealkylation sites (tertiary alicyclic amines) is 4. The van der Waals surface area contributed by atoms with E-state index in [1.165, 1.54) is 74.1 Å². The Bertz CT molecular complexity index is 935. The Kier molecular flexibility index (Phi) is 6.30. The van der Waals surface area contributed by atoms with Gasteiger partial charge in [-0.1, -0.05) is 24.3 Å². The average Bonchev–Trinajstić information content (AvgIpc) is 3.69. The number of hydrogen-bond acceptors (Lipinski definition) is 2. The first-order valence-corrected chi connectivity index (χ1v) is 13.6. The highest BCUT2D eigenvalue weighted by atomic mass is 15.4. The fourth-order valence-electron chi connectivity index (χ4n) is 6.05. The van der Waals surface area contributed by atoms with Gasteiger partial charge >= 0.3 is 0 Å². The molecule has 4 fully saturated rings. The third-order valence-corrected chi connectivity index (χ3v) is 7.86. The Morgan fingerprint density at radius 2 is 0.794 bits per heavy atom. The first-order chi connectivity index (χ1) is 16.9. The van der Waals surface area contributed by atoms with Crippen molar-refractivity contribution in [3.8, 4) is 0 Å². The molecule has 0 aromatic heterocycles. The van der Waals surface area contributed by atoms with Gasteiger partial charge in [0.25, 0.3) is 0 Å². The van der Waals surface area contributed by atoms with Gasteiger partial charge in [0.2, 0.25) is 11.9 Å². The highest BCUT2D eigenvalue weighted by Gasteiger charge is 2.26. The molecule has 0 unspecified atom stereocenters. The summed E-state index contributed by atoms with van der Waals surface area (Å²) in [5.74, 6) is 2.36. The zero-order chi connectivity index (χ0) is 22.7. The topological polar surface area (TPSA) is 37.7 Å². The van der Waals surface area contributed by atoms with Crippen LogP contribution in [0.3, 0.4) is 0 Å². The number of guanidine groups is 2. The van der Waals surface area contributed by atoms with E-state index in [-0.39, 0.29) is 0 Å². The minimum absolute atomic E-state index is 1.06. The molecule has 0 N–H and O–H groups in total. The third kappa shape index (κ3) is 4.35. The predicted molar refractivity (Wildman–Crippen MR) is 141 cm³/mol. The molecule has 0 aliphatic carbocycles. The molecule has 2 aromatic carbocycles. The van der Waals surface area contributed by atoms with E-state index in [0.717, 1.165) is 63.7 Å². The molecule has 0 amide bonds. The van der Waals surface area contributed by atoms with Crippen LogP contribution in [0.2, 0.25) is 0 Å². The highest BCUT2D eigenvalue weighted by Crippen LogP contribution is 2.36. The van der Waals surface area contributed by atoms with Crippen LogP contribution in [0.5, 0.6) is 0 Å². The second kappa shape index (κ2) is 9.85. The van der Waals surface area contributed by atoms with Crippen molar-refractivity contribution >= 4 is 34.1 Å². The number of aliphatic imine (C=N–C) groups is 2. The van der Waals surface area contributed by atoms with E-state index in [9.17, 15) is 0 Å². The molecule has 6 heteroatoms. The number of hydrogen-bond donors (Lipinski definition) is 0. The van der Waals surface area contributed by atoms with E-state index >= 15 is 0 Å². The van der Waals surface area contributed by atoms with Crippen LogP contribution in [0.4, 0.5) is 11.4 Å². The Balaban J connectivity index is 1.46. The number of rotatable bonds is 2. The first kappa shape index (κ1) is 21.8. The zero-order valence-electron chi connectivity index (χ0n) is 20.5. The molecular weight excluding hydrogens is 420 g/mol. The lowest BCUT2D eigenvalue weighted by Crippen LogP contribution is -2.41. The van der Waals surface area contributed by atoms with Crippen molar-refractivity contribution in [2.24, 2.45) is 9.98 Å². The van der Waals surface area contributed by atoms with Crippen molar-refractivity contribution in [2.75, 3.05) is 52.4 Å². The van der Waals surface area contributed by atoms with Crippen LogP contribution in [0, 0.1) is 0 Å². The summed E-state index contributed by atoms with van der Waals surface area (Å²) in [5, 5.41) is 2.42. The normalized spacial score (nSPS) is 20.6. The lowest BCUT2D eigenvalue weighted by Gasteiger charge is -2.29. The molecule has 4 aliphatic heterocycles. The van der Waals surface area contributed by atoms with Crippen molar-refractivity contribution in [3.63, 3.8) is 0 Å². The summed E-state index contributed by atoms with van der Waals surface area (Å²) in [7, 11) is 0. The highest BCUT2D eigenvalue weighted by molar-refractivity contribution is 6.04. The summed E-state index contributed by atoms with van der Waals surface area (Å²) in [6.07, 6.45) is 10.2. The molecule has 0 saturated carbocycles. The van der Waals surface area contributed by atoms with E-state index in [2.05, 4.69) is 56.0 Å². The van der Waals surface area contributed by atoms with Crippen molar-refractivity contribution in [1.82, 2.24) is 19.6 Å². The van der Waals surface area contributed by atoms with Crippen molar-refractivity contribution in [1.29, 1.82) is 0 Å². The van der Waals surface area contributed by atoms with Gasteiger partial charge in [0.05, 0.1) is 11.4 Å². The summed E-state index contributed by atoms with van der Waals surface area (Å²) >= 11 is 0. The Labute approximate surface area is 203 Å². The second-order valence-electron chi connectivity index (χ2n) is 10.3. The van der Waals surface area contributed by atoms with Gasteiger partial charge in [-0.15, -0.1) is 0 Å². The number of benzene rings is 2. The summed E-state index contributed by atoms with van der Waals surface area (Å²) in [4.78, 5) is 20.8. The number of nitrogens with zero attached hydrogens (tertiary/aromatic N) is 6. The van der Waals surface area contributed by atoms with Gasteiger partial charge in [-0.05, 0) is 68.9 Å². The van der Waals surface area contributed by atoms with Crippen LogP contribution in [-0.2, 0) is 0 Å². The number of fused-ring (bicyclic) bond motifs is 1. The van der Waals surface area contributed by atoms with Crippen LogP contribution in [0.15, 0.2) is 46.4 Å². The standard InChI is InChI=1S/C28H38N6/c1-2-16-31(15-1)27(32-17-3-4-18-32)29-24-13-9-11-23-12-10-14-25(26(23)24)30-28(33-19-5-6-20-33)34-21-7-8-22-34/h9-14H,1-8,15-22H2. The Morgan fingerprint density at radius 1 is 0.471 bits per heavy atom. The molecule has 0 atom stereocenters. The van der Waals surface area contributed by atoms with Gasteiger partial charge in [0.1, 0.15) is 0 Å². The average molecular weight is 459 g/mol. The van der Waals surface area contributed by atoms with Crippen LogP contribution in [0.1, 0.15) is 51.4 Å². The molecule has 0 bridgehead atoms. The van der Waals surface area contributed by atoms with E-state index < -0.39 is 0 Å². The predicted octanol–water partition coefficient (Wildman–Crippen LogP) is 5.20. The molecular formula is C28H38N6. The minimum Gasteiger partial charge on any atom is -0.343 e. The first-order valence-electron chi connectivity index (χ1n) is 13.6. The van der Waals surface area contributed by atoms with E-state index in [0.29, 0.717) is 0 Å². The molecule has 4 aliphatic rings. The summed E-state index contributed by atoms with van der Waals surface area (Å²) in [6.45, 7) is 8.99. The van der Waals surface area contributed by atoms with Gasteiger partial charge in [-0.2, -0.15) is 0 Å². The van der Waals surface area contributed by atoms with Gasteiger partial charge in [-0.25, -0.2) is 9.98 Å². The largest absolute Gasteiger partial charge is 0.343 e. The summed E-state index contributed by atoms with van der Waals surface area (Å²) in [6, 6.07) is 13.1. The maximum absolute atomic E-state index is 5.39. The maximum atomic E-state index is 5.39. The monoisotopic (exact) mass is 458 g/mol. The molecule has 4 saturated heterocycles. The van der Waals surface area contributed by atoms with Crippen LogP contribution < -0.4 is 0 Å². The van der Waals surface area contributed by atoms with Gasteiger partial charge in [0, 0.05) is 57.7 Å². The molecule has 4 heterocycles. The van der Waals surface area contributed by atoms with Crippen molar-refractivity contribution in [3.05, 3.63) is 36.4 Å². The molecule has 0 radical (unpaired) electrons. The molecule has 0 spiro atoms. The lowest BCUT2D eigenvalue weighted by atomic mass is 10.1. The van der Waals surface area contributed by atoms with Gasteiger partial charge < -0.3 is 19.6 Å². The van der Waals surface area contributed by atoms with E-state index in [1.807, 2.05) is 0 Å². The SMILES string of the molecule is c1cc(N=C(N2CCCC2)N2CCCC2)c2c(N=C(N3CCCC3)N3CCCC3)cccc2c1. The quantitative estimate of drug-likeness (QED) is 0.458. The fraction of sp³-hybridized carbons (Fsp3) is 0.571. The molecule has 2 aromatic rings. The second-order valence-corrected chi connectivity index (χ2v) is 10.3. The van der Waals surface area contributed by atoms with E-state index in [4.69, 9.17) is 9.98 Å². The Hall–Kier alpha value is -2.76. The van der Waals surface area contributed by atoms with Crippen LogP contribution >= 0.6 is 0 Å². The maximum Gasteiger partial charge on any atom is 0.201 e. The van der Waals surface area contributed by atoms with Crippen molar-refractivity contribution in [2.45, 2.75) is 51.4 Å². The van der Waals surface area contributed by atoms with Gasteiger partial charge in [0.15, 0.2) is 0 Å². The molecule has 6 nitrogen and oxygen atoms in total. The smallest absolute Gasteiger partial charge is 0.201 e. The molecule has 34 heavy (non-hydrogen) atoms. The lowest BCUT2D eigenvalue weighted by molar-refractivity contribution is 0.395. The third-order valence-electron chi connectivity index (χ3n) is 7.86. The zero-order valence-corrected chi connectivity index (χ0v) is 20.5. The summed E-state index contributed by atoms with van der Waals surface area (Å²) in [5.41, 5.74) is 2.13.